The van der Waals surface area contributed by atoms with Crippen molar-refractivity contribution in [1.82, 2.24) is 19.0 Å². The Kier molecular flexibility index (Phi) is 7.28. The fraction of sp³-hybridized carbons (Fsp3) is 0.321. The molecule has 5 rings (SSSR count). The Bertz CT molecular complexity index is 1580. The summed E-state index contributed by atoms with van der Waals surface area (Å²) >= 11 is 6.31. The van der Waals surface area contributed by atoms with Gasteiger partial charge in [-0.05, 0) is 54.4 Å². The highest BCUT2D eigenvalue weighted by Gasteiger charge is 2.22. The number of carbonyl (C=O) groups excluding carboxylic acids is 1. The van der Waals surface area contributed by atoms with E-state index in [4.69, 9.17) is 16.3 Å². The van der Waals surface area contributed by atoms with E-state index in [9.17, 15) is 14.4 Å². The molecule has 1 aliphatic rings. The van der Waals surface area contributed by atoms with Crippen molar-refractivity contribution in [2.75, 3.05) is 37.7 Å². The van der Waals surface area contributed by atoms with Crippen LogP contribution in [0.25, 0.3) is 22.3 Å². The van der Waals surface area contributed by atoms with Crippen LogP contribution in [0.15, 0.2) is 64.2 Å². The summed E-state index contributed by atoms with van der Waals surface area (Å²) in [6, 6.07) is 16.8. The van der Waals surface area contributed by atoms with Gasteiger partial charge >= 0.3 is 5.69 Å². The van der Waals surface area contributed by atoms with Crippen LogP contribution in [0.2, 0.25) is 5.02 Å². The lowest BCUT2D eigenvalue weighted by molar-refractivity contribution is -0.133. The number of rotatable bonds is 7. The molecule has 0 unspecified atom stereocenters. The number of hydrogen-bond acceptors (Lipinski definition) is 5. The third-order valence-electron chi connectivity index (χ3n) is 6.94. The average molecular weight is 536 g/mol. The lowest BCUT2D eigenvalue weighted by Gasteiger charge is -2.36. The molecule has 4 aromatic rings. The second-order valence-corrected chi connectivity index (χ2v) is 9.78. The first-order chi connectivity index (χ1) is 18.4. The van der Waals surface area contributed by atoms with Gasteiger partial charge in [-0.1, -0.05) is 30.7 Å². The van der Waals surface area contributed by atoms with Crippen LogP contribution in [-0.2, 0) is 18.4 Å². The second kappa shape index (κ2) is 10.8. The number of hydrogen-bond donors (Lipinski definition) is 1. The van der Waals surface area contributed by atoms with E-state index in [1.807, 2.05) is 48.2 Å². The molecule has 198 valence electrons. The summed E-state index contributed by atoms with van der Waals surface area (Å²) in [5.41, 5.74) is 2.86. The van der Waals surface area contributed by atoms with Crippen LogP contribution < -0.4 is 20.9 Å². The van der Waals surface area contributed by atoms with E-state index in [1.54, 1.807) is 25.2 Å². The number of benzene rings is 2. The predicted octanol–water partition coefficient (Wildman–Crippen LogP) is 3.49. The number of aromatic nitrogens is 3. The molecule has 1 aliphatic heterocycles. The number of nitrogens with zero attached hydrogens (tertiary/aromatic N) is 4. The van der Waals surface area contributed by atoms with Gasteiger partial charge in [-0.3, -0.25) is 18.7 Å². The van der Waals surface area contributed by atoms with Gasteiger partial charge in [0.25, 0.3) is 11.5 Å². The zero-order valence-corrected chi connectivity index (χ0v) is 22.2. The maximum atomic E-state index is 12.8. The Morgan fingerprint density at radius 3 is 2.42 bits per heavy atom. The summed E-state index contributed by atoms with van der Waals surface area (Å²) < 4.78 is 8.51. The number of ether oxygens (including phenoxy) is 1. The molecule has 2 aromatic carbocycles. The van der Waals surface area contributed by atoms with E-state index in [-0.39, 0.29) is 23.8 Å². The summed E-state index contributed by atoms with van der Waals surface area (Å²) in [6.07, 6.45) is 0.691. The summed E-state index contributed by atoms with van der Waals surface area (Å²) in [7, 11) is 1.67. The molecule has 0 bridgehead atoms. The number of piperazine rings is 1. The zero-order chi connectivity index (χ0) is 26.8. The maximum Gasteiger partial charge on any atom is 0.331 e. The molecule has 0 radical (unpaired) electrons. The van der Waals surface area contributed by atoms with Crippen LogP contribution in [0.5, 0.6) is 5.75 Å². The molecule has 1 N–H and O–H groups in total. The average Bonchev–Trinajstić information content (AvgIpc) is 3.40. The number of fused-ring (bicyclic) bond motifs is 1. The molecule has 2 aromatic heterocycles. The van der Waals surface area contributed by atoms with Gasteiger partial charge in [0.15, 0.2) is 6.61 Å². The van der Waals surface area contributed by atoms with Gasteiger partial charge in [0.05, 0.1) is 16.2 Å². The molecule has 1 saturated heterocycles. The number of anilines is 1. The van der Waals surface area contributed by atoms with E-state index in [1.165, 1.54) is 9.13 Å². The Balaban J connectivity index is 1.21. The normalized spacial score (nSPS) is 13.8. The van der Waals surface area contributed by atoms with Crippen LogP contribution in [-0.4, -0.2) is 57.7 Å². The van der Waals surface area contributed by atoms with Crippen molar-refractivity contribution in [3.8, 4) is 17.0 Å². The summed E-state index contributed by atoms with van der Waals surface area (Å²) in [4.78, 5) is 45.3. The van der Waals surface area contributed by atoms with Gasteiger partial charge in [0.2, 0.25) is 0 Å². The lowest BCUT2D eigenvalue weighted by Crippen LogP contribution is -2.50. The van der Waals surface area contributed by atoms with E-state index in [0.29, 0.717) is 61.0 Å². The Hall–Kier alpha value is -3.98. The first-order valence-electron chi connectivity index (χ1n) is 12.7. The van der Waals surface area contributed by atoms with Crippen molar-refractivity contribution in [1.29, 1.82) is 0 Å². The highest BCUT2D eigenvalue weighted by atomic mass is 35.5. The Morgan fingerprint density at radius 2 is 1.74 bits per heavy atom. The molecular formula is C28H30ClN5O4. The lowest BCUT2D eigenvalue weighted by atomic mass is 10.1. The largest absolute Gasteiger partial charge is 0.484 e. The number of carbonyl (C=O) groups is 1. The minimum absolute atomic E-state index is 0.0447. The number of aromatic amines is 1. The van der Waals surface area contributed by atoms with Crippen LogP contribution in [0.4, 0.5) is 5.69 Å². The SMILES string of the molecule is CCCn1c(=O)c2[nH]c(-c3ccc(OCC(=O)N4CCN(c5ccccc5Cl)CC4)cc3)cc2n(C)c1=O. The maximum absolute atomic E-state index is 12.8. The van der Waals surface area contributed by atoms with Crippen LogP contribution in [0, 0.1) is 0 Å². The smallest absolute Gasteiger partial charge is 0.331 e. The highest BCUT2D eigenvalue weighted by Crippen LogP contribution is 2.26. The summed E-state index contributed by atoms with van der Waals surface area (Å²) in [5, 5.41) is 0.712. The second-order valence-electron chi connectivity index (χ2n) is 9.37. The summed E-state index contributed by atoms with van der Waals surface area (Å²) in [5.74, 6) is 0.512. The fourth-order valence-electron chi connectivity index (χ4n) is 4.83. The summed E-state index contributed by atoms with van der Waals surface area (Å²) in [6.45, 7) is 4.89. The van der Waals surface area contributed by atoms with Crippen molar-refractivity contribution in [3.63, 3.8) is 0 Å². The zero-order valence-electron chi connectivity index (χ0n) is 21.4. The van der Waals surface area contributed by atoms with Gasteiger partial charge in [0.1, 0.15) is 11.3 Å². The van der Waals surface area contributed by atoms with Crippen molar-refractivity contribution in [2.45, 2.75) is 19.9 Å². The van der Waals surface area contributed by atoms with Crippen molar-refractivity contribution < 1.29 is 9.53 Å². The molecule has 0 atom stereocenters. The van der Waals surface area contributed by atoms with E-state index >= 15 is 0 Å². The number of halogens is 1. The van der Waals surface area contributed by atoms with Gasteiger partial charge < -0.3 is 19.5 Å². The Morgan fingerprint density at radius 1 is 1.03 bits per heavy atom. The van der Waals surface area contributed by atoms with Gasteiger partial charge in [-0.15, -0.1) is 0 Å². The van der Waals surface area contributed by atoms with Crippen LogP contribution in [0.3, 0.4) is 0 Å². The van der Waals surface area contributed by atoms with E-state index < -0.39 is 0 Å². The Labute approximate surface area is 224 Å². The monoisotopic (exact) mass is 535 g/mol. The fourth-order valence-corrected chi connectivity index (χ4v) is 5.08. The van der Waals surface area contributed by atoms with Crippen molar-refractivity contribution >= 4 is 34.2 Å². The molecular weight excluding hydrogens is 506 g/mol. The van der Waals surface area contributed by atoms with Crippen molar-refractivity contribution in [2.24, 2.45) is 7.05 Å². The number of H-pyrrole nitrogens is 1. The third kappa shape index (κ3) is 4.93. The molecule has 10 heteroatoms. The molecule has 0 aliphatic carbocycles. The molecule has 0 spiro atoms. The molecule has 1 fully saturated rings. The molecule has 0 saturated carbocycles. The number of amides is 1. The predicted molar refractivity (Wildman–Crippen MR) is 149 cm³/mol. The number of aryl methyl sites for hydroxylation is 1. The number of nitrogens with one attached hydrogen (secondary N) is 1. The minimum Gasteiger partial charge on any atom is -0.484 e. The first kappa shape index (κ1) is 25.7. The van der Waals surface area contributed by atoms with E-state index in [0.717, 1.165) is 16.9 Å². The third-order valence-corrected chi connectivity index (χ3v) is 7.26. The quantitative estimate of drug-likeness (QED) is 0.391. The molecule has 9 nitrogen and oxygen atoms in total. The molecule has 38 heavy (non-hydrogen) atoms. The highest BCUT2D eigenvalue weighted by molar-refractivity contribution is 6.33. The van der Waals surface area contributed by atoms with E-state index in [2.05, 4.69) is 9.88 Å². The number of para-hydroxylation sites is 1. The van der Waals surface area contributed by atoms with Gasteiger partial charge in [-0.25, -0.2) is 4.79 Å². The van der Waals surface area contributed by atoms with Crippen LogP contribution in [0.1, 0.15) is 13.3 Å². The first-order valence-corrected chi connectivity index (χ1v) is 13.1. The topological polar surface area (TPSA) is 92.6 Å². The van der Waals surface area contributed by atoms with Crippen LogP contribution >= 0.6 is 11.6 Å². The molecule has 3 heterocycles. The molecule has 1 amide bonds. The minimum atomic E-state index is -0.325. The van der Waals surface area contributed by atoms with Gasteiger partial charge in [0, 0.05) is 45.5 Å². The standard InChI is InChI=1S/C28H30ClN5O4/c1-3-12-34-27(36)26-24(31(2)28(34)37)17-22(30-26)19-8-10-20(11-9-19)38-18-25(35)33-15-13-32(14-16-33)23-7-5-4-6-21(23)29/h4-11,17,30H,3,12-16,18H2,1-2H3. The van der Waals surface area contributed by atoms with Gasteiger partial charge in [-0.2, -0.15) is 0 Å². The van der Waals surface area contributed by atoms with Crippen molar-refractivity contribution in [3.05, 3.63) is 80.5 Å².